The van der Waals surface area contributed by atoms with Crippen LogP contribution in [0.4, 0.5) is 15.9 Å². The molecule has 0 atom stereocenters. The molecule has 10 heteroatoms. The average molecular weight is 493 g/mol. The zero-order chi connectivity index (χ0) is 25.3. The lowest BCUT2D eigenvalue weighted by Crippen LogP contribution is -2.19. The summed E-state index contributed by atoms with van der Waals surface area (Å²) in [5.41, 5.74) is 10.6. The van der Waals surface area contributed by atoms with Crippen LogP contribution >= 0.6 is 0 Å². The lowest BCUT2D eigenvalue weighted by molar-refractivity contribution is -0.116. The van der Waals surface area contributed by atoms with Crippen LogP contribution in [0.2, 0.25) is 0 Å². The van der Waals surface area contributed by atoms with Crippen molar-refractivity contribution in [2.75, 3.05) is 18.2 Å². The second-order valence-corrected chi connectivity index (χ2v) is 10.8. The van der Waals surface area contributed by atoms with E-state index in [2.05, 4.69) is 26.2 Å². The van der Waals surface area contributed by atoms with Crippen LogP contribution in [0.25, 0.3) is 33.4 Å². The Morgan fingerprint density at radius 2 is 1.89 bits per heavy atom. The number of anilines is 1. The van der Waals surface area contributed by atoms with E-state index >= 15 is 4.39 Å². The van der Waals surface area contributed by atoms with E-state index < -0.39 is 15.5 Å². The average Bonchev–Trinajstić information content (AvgIpc) is 3.12. The Balaban J connectivity index is 1.89. The molecule has 4 aromatic rings. The Kier molecular flexibility index (Phi) is 6.40. The predicted molar refractivity (Wildman–Crippen MR) is 138 cm³/mol. The van der Waals surface area contributed by atoms with Gasteiger partial charge < -0.3 is 15.6 Å². The third-order valence-electron chi connectivity index (χ3n) is 5.43. The summed E-state index contributed by atoms with van der Waals surface area (Å²) in [6.45, 7) is 3.81. The van der Waals surface area contributed by atoms with Crippen LogP contribution in [-0.4, -0.2) is 37.2 Å². The number of rotatable bonds is 6. The number of aryl methyl sites for hydroxylation is 1. The number of fused-ring (bicyclic) bond motifs is 1. The first-order chi connectivity index (χ1) is 16.6. The predicted octanol–water partition coefficient (Wildman–Crippen LogP) is 4.18. The van der Waals surface area contributed by atoms with E-state index in [1.54, 1.807) is 6.07 Å². The number of carbonyl (C=O) groups excluding carboxylic acids is 1. The molecule has 0 fully saturated rings. The number of nitrogens with zero attached hydrogens (tertiary/aromatic N) is 4. The topological polar surface area (TPSA) is 115 Å². The fourth-order valence-electron chi connectivity index (χ4n) is 3.91. The molecular formula is C25H25FN6O2S. The van der Waals surface area contributed by atoms with Gasteiger partial charge in [0.1, 0.15) is 29.3 Å². The largest absolute Gasteiger partial charge is 0.383 e. The number of amides is 1. The summed E-state index contributed by atoms with van der Waals surface area (Å²) in [5.74, 6) is -0.571. The van der Waals surface area contributed by atoms with Gasteiger partial charge in [0, 0.05) is 41.4 Å². The molecule has 2 aromatic heterocycles. The number of hydrogen-bond acceptors (Lipinski definition) is 6. The highest BCUT2D eigenvalue weighted by Crippen LogP contribution is 2.42. The van der Waals surface area contributed by atoms with Gasteiger partial charge in [0.25, 0.3) is 0 Å². The second kappa shape index (κ2) is 9.30. The highest BCUT2D eigenvalue weighted by Gasteiger charge is 2.22. The van der Waals surface area contributed by atoms with Crippen LogP contribution in [0.1, 0.15) is 5.56 Å². The zero-order valence-corrected chi connectivity index (χ0v) is 20.4. The highest BCUT2D eigenvalue weighted by atomic mass is 32.2. The van der Waals surface area contributed by atoms with Crippen LogP contribution in [-0.2, 0) is 28.1 Å². The molecule has 180 valence electrons. The molecular weight excluding hydrogens is 467 g/mol. The third-order valence-corrected chi connectivity index (χ3v) is 6.07. The lowest BCUT2D eigenvalue weighted by atomic mass is 9.98. The van der Waals surface area contributed by atoms with Gasteiger partial charge in [-0.15, -0.1) is 0 Å². The minimum absolute atomic E-state index is 0.0284. The Labute approximate surface area is 202 Å². The number of benzene rings is 2. The molecule has 0 saturated heterocycles. The molecule has 3 N–H and O–H groups in total. The summed E-state index contributed by atoms with van der Waals surface area (Å²) in [6, 6.07) is 12.2. The Bertz CT molecular complexity index is 1580. The molecule has 0 aliphatic heterocycles. The Hall–Kier alpha value is -4.05. The minimum Gasteiger partial charge on any atom is -0.383 e. The first-order valence-electron chi connectivity index (χ1n) is 10.6. The third kappa shape index (κ3) is 4.92. The molecule has 2 heterocycles. The van der Waals surface area contributed by atoms with Crippen molar-refractivity contribution in [2.45, 2.75) is 6.54 Å². The van der Waals surface area contributed by atoms with Crippen molar-refractivity contribution in [1.82, 2.24) is 19.9 Å². The van der Waals surface area contributed by atoms with E-state index in [1.165, 1.54) is 37.0 Å². The summed E-state index contributed by atoms with van der Waals surface area (Å²) in [7, 11) is -0.666. The molecule has 0 saturated carbocycles. The van der Waals surface area contributed by atoms with E-state index in [0.717, 1.165) is 16.8 Å². The van der Waals surface area contributed by atoms with Gasteiger partial charge in [-0.3, -0.25) is 4.79 Å². The van der Waals surface area contributed by atoms with E-state index in [-0.39, 0.29) is 17.4 Å². The number of aromatic nitrogens is 3. The maximum absolute atomic E-state index is 15.0. The van der Waals surface area contributed by atoms with Crippen LogP contribution in [0.3, 0.4) is 0 Å². The number of nitrogens with two attached hydrogens (primary N) is 1. The summed E-state index contributed by atoms with van der Waals surface area (Å²) in [5, 5.41) is 3.35. The normalized spacial score (nSPS) is 11.4. The molecule has 0 aliphatic rings. The number of hydrogen-bond donors (Lipinski definition) is 2. The quantitative estimate of drug-likeness (QED) is 0.392. The zero-order valence-electron chi connectivity index (χ0n) is 19.6. The van der Waals surface area contributed by atoms with Gasteiger partial charge in [0.15, 0.2) is 0 Å². The molecule has 0 bridgehead atoms. The molecule has 0 radical (unpaired) electrons. The molecule has 0 aliphatic carbocycles. The minimum atomic E-state index is -2.52. The summed E-state index contributed by atoms with van der Waals surface area (Å²) < 4.78 is 33.0. The van der Waals surface area contributed by atoms with Gasteiger partial charge in [-0.25, -0.2) is 18.6 Å². The fourth-order valence-corrected chi connectivity index (χ4v) is 4.53. The van der Waals surface area contributed by atoms with Crippen LogP contribution in [0, 0.1) is 5.82 Å². The van der Waals surface area contributed by atoms with Crippen molar-refractivity contribution in [3.05, 3.63) is 72.8 Å². The van der Waals surface area contributed by atoms with E-state index in [4.69, 9.17) is 5.73 Å². The van der Waals surface area contributed by atoms with Crippen LogP contribution < -0.4 is 11.1 Å². The van der Waals surface area contributed by atoms with Crippen LogP contribution in [0.5, 0.6) is 0 Å². The second-order valence-electron chi connectivity index (χ2n) is 8.30. The van der Waals surface area contributed by atoms with Crippen molar-refractivity contribution >= 4 is 38.2 Å². The standard InChI is InChI=1S/C25H25FN6O2S/c1-5-20(33)28-13-15-6-8-16(9-7-15)23-21(22-24(27)29-14-30-25(22)32(23)2)17-10-11-19(18(26)12-17)31-35(3,4)34/h5-12,14H,1,13H2,2-4H3,(H,28,33)(H2,27,29,30). The number of halogens is 1. The van der Waals surface area contributed by atoms with Gasteiger partial charge in [-0.1, -0.05) is 36.9 Å². The van der Waals surface area contributed by atoms with Crippen molar-refractivity contribution in [3.63, 3.8) is 0 Å². The van der Waals surface area contributed by atoms with Crippen molar-refractivity contribution in [1.29, 1.82) is 0 Å². The van der Waals surface area contributed by atoms with E-state index in [0.29, 0.717) is 28.7 Å². The molecule has 2 aromatic carbocycles. The van der Waals surface area contributed by atoms with Gasteiger partial charge in [-0.05, 0) is 34.9 Å². The molecule has 4 rings (SSSR count). The fraction of sp³-hybridized carbons (Fsp3) is 0.160. The van der Waals surface area contributed by atoms with E-state index in [9.17, 15) is 9.00 Å². The Morgan fingerprint density at radius 1 is 1.20 bits per heavy atom. The van der Waals surface area contributed by atoms with Crippen LogP contribution in [0.15, 0.2) is 65.8 Å². The Morgan fingerprint density at radius 3 is 2.51 bits per heavy atom. The van der Waals surface area contributed by atoms with Gasteiger partial charge in [-0.2, -0.15) is 4.36 Å². The molecule has 1 amide bonds. The molecule has 0 unspecified atom stereocenters. The number of nitrogen functional groups attached to an aromatic ring is 1. The van der Waals surface area contributed by atoms with Crippen molar-refractivity contribution in [2.24, 2.45) is 11.4 Å². The van der Waals surface area contributed by atoms with Gasteiger partial charge in [0.05, 0.1) is 11.1 Å². The SMILES string of the molecule is C=CC(=O)NCc1ccc(-c2c(-c3ccc(N=S(C)(C)=O)c(F)c3)c3c(N)ncnc3n2C)cc1. The highest BCUT2D eigenvalue weighted by molar-refractivity contribution is 7.92. The smallest absolute Gasteiger partial charge is 0.243 e. The number of carbonyl (C=O) groups is 1. The summed E-state index contributed by atoms with van der Waals surface area (Å²) in [6.07, 6.45) is 5.51. The summed E-state index contributed by atoms with van der Waals surface area (Å²) >= 11 is 0. The van der Waals surface area contributed by atoms with Crippen molar-refractivity contribution in [3.8, 4) is 22.4 Å². The summed E-state index contributed by atoms with van der Waals surface area (Å²) in [4.78, 5) is 20.0. The van der Waals surface area contributed by atoms with Gasteiger partial charge in [0.2, 0.25) is 5.91 Å². The monoisotopic (exact) mass is 492 g/mol. The molecule has 35 heavy (non-hydrogen) atoms. The molecule has 8 nitrogen and oxygen atoms in total. The number of nitrogens with one attached hydrogen (secondary N) is 1. The maximum atomic E-state index is 15.0. The lowest BCUT2D eigenvalue weighted by Gasteiger charge is -2.11. The first kappa shape index (κ1) is 24.1. The molecule has 0 spiro atoms. The maximum Gasteiger partial charge on any atom is 0.243 e. The van der Waals surface area contributed by atoms with Crippen molar-refractivity contribution < 1.29 is 13.4 Å². The van der Waals surface area contributed by atoms with E-state index in [1.807, 2.05) is 35.9 Å². The van der Waals surface area contributed by atoms with Gasteiger partial charge >= 0.3 is 0 Å². The first-order valence-corrected chi connectivity index (χ1v) is 13.0.